The third-order valence-corrected chi connectivity index (χ3v) is 4.49. The van der Waals surface area contributed by atoms with E-state index in [-0.39, 0.29) is 27.7 Å². The molecule has 2 N–H and O–H groups in total. The monoisotopic (exact) mass is 347 g/mol. The lowest BCUT2D eigenvalue weighted by atomic mass is 10.1. The molecule has 0 saturated carbocycles. The number of carboxylic acid groups (broad SMARTS) is 1. The van der Waals surface area contributed by atoms with Crippen LogP contribution in [0.5, 0.6) is 17.2 Å². The van der Waals surface area contributed by atoms with Gasteiger partial charge in [-0.3, -0.25) is 0 Å². The third kappa shape index (κ3) is 4.05. The molecule has 0 bridgehead atoms. The summed E-state index contributed by atoms with van der Waals surface area (Å²) in [4.78, 5) is 11.1. The molecule has 0 aromatic heterocycles. The van der Waals surface area contributed by atoms with Crippen LogP contribution in [0.1, 0.15) is 31.1 Å². The molecule has 0 radical (unpaired) electrons. The quantitative estimate of drug-likeness (QED) is 0.802. The molecule has 0 aliphatic rings. The number of benzene rings is 1. The first-order chi connectivity index (χ1) is 10.5. The lowest BCUT2D eigenvalue weighted by Crippen LogP contribution is -2.40. The van der Waals surface area contributed by atoms with Gasteiger partial charge in [0.1, 0.15) is 10.5 Å². The number of hydrogen-bond acceptors (Lipinski definition) is 6. The van der Waals surface area contributed by atoms with Gasteiger partial charge in [-0.1, -0.05) is 0 Å². The highest BCUT2D eigenvalue weighted by Crippen LogP contribution is 2.44. The van der Waals surface area contributed by atoms with Gasteiger partial charge in [0, 0.05) is 5.54 Å². The highest BCUT2D eigenvalue weighted by atomic mass is 32.2. The Kier molecular flexibility index (Phi) is 5.49. The Morgan fingerprint density at radius 3 is 1.87 bits per heavy atom. The lowest BCUT2D eigenvalue weighted by molar-refractivity contribution is 0.0692. The standard InChI is InChI=1S/C14H21NO7S/c1-14(2,3)15-23(18,19)9-7-8(13(16)17)10(20-4)12(22-6)11(9)21-5/h7,15H,1-6H3,(H,16,17). The first-order valence-corrected chi connectivity index (χ1v) is 8.07. The molecule has 1 aromatic carbocycles. The number of sulfonamides is 1. The Morgan fingerprint density at radius 2 is 1.52 bits per heavy atom. The predicted molar refractivity (Wildman–Crippen MR) is 83.1 cm³/mol. The number of hydrogen-bond donors (Lipinski definition) is 2. The first kappa shape index (κ1) is 19.0. The molecule has 9 heteroatoms. The number of methoxy groups -OCH3 is 3. The molecule has 0 saturated heterocycles. The van der Waals surface area contributed by atoms with E-state index >= 15 is 0 Å². The fourth-order valence-corrected chi connectivity index (χ4v) is 3.61. The molecule has 0 amide bonds. The molecule has 0 heterocycles. The Labute approximate surface area is 135 Å². The van der Waals surface area contributed by atoms with Crippen LogP contribution in [0.4, 0.5) is 0 Å². The van der Waals surface area contributed by atoms with E-state index in [1.807, 2.05) is 0 Å². The van der Waals surface area contributed by atoms with Gasteiger partial charge in [-0.05, 0) is 26.8 Å². The van der Waals surface area contributed by atoms with Gasteiger partial charge in [0.15, 0.2) is 11.5 Å². The number of carbonyl (C=O) groups is 1. The summed E-state index contributed by atoms with van der Waals surface area (Å²) in [5.41, 5.74) is -1.11. The minimum atomic E-state index is -4.05. The second kappa shape index (κ2) is 6.63. The molecule has 0 aliphatic carbocycles. The molecule has 8 nitrogen and oxygen atoms in total. The highest BCUT2D eigenvalue weighted by molar-refractivity contribution is 7.89. The zero-order chi connectivity index (χ0) is 18.0. The predicted octanol–water partition coefficient (Wildman–Crippen LogP) is 1.49. The van der Waals surface area contributed by atoms with Gasteiger partial charge in [0.25, 0.3) is 0 Å². The van der Waals surface area contributed by atoms with Gasteiger partial charge >= 0.3 is 5.97 Å². The number of nitrogens with one attached hydrogen (secondary N) is 1. The molecule has 0 spiro atoms. The first-order valence-electron chi connectivity index (χ1n) is 6.58. The summed E-state index contributed by atoms with van der Waals surface area (Å²) in [5.74, 6) is -1.71. The average Bonchev–Trinajstić information content (AvgIpc) is 2.41. The molecule has 0 atom stereocenters. The maximum absolute atomic E-state index is 12.6. The molecule has 0 fully saturated rings. The minimum Gasteiger partial charge on any atom is -0.492 e. The second-order valence-corrected chi connectivity index (χ2v) is 7.33. The van der Waals surface area contributed by atoms with Crippen molar-refractivity contribution in [2.45, 2.75) is 31.2 Å². The molecule has 23 heavy (non-hydrogen) atoms. The van der Waals surface area contributed by atoms with Gasteiger partial charge in [-0.2, -0.15) is 0 Å². The summed E-state index contributed by atoms with van der Waals surface area (Å²) < 4.78 is 42.9. The van der Waals surface area contributed by atoms with E-state index in [1.54, 1.807) is 20.8 Å². The van der Waals surface area contributed by atoms with Crippen molar-refractivity contribution in [1.29, 1.82) is 0 Å². The molecule has 130 valence electrons. The average molecular weight is 347 g/mol. The summed E-state index contributed by atoms with van der Waals surface area (Å²) in [6.45, 7) is 4.99. The van der Waals surface area contributed by atoms with Crippen molar-refractivity contribution in [1.82, 2.24) is 4.72 Å². The Bertz CT molecular complexity index is 705. The molecule has 1 aromatic rings. The maximum atomic E-state index is 12.6. The smallest absolute Gasteiger partial charge is 0.339 e. The lowest BCUT2D eigenvalue weighted by Gasteiger charge is -2.23. The van der Waals surface area contributed by atoms with Crippen LogP contribution in [0, 0.1) is 0 Å². The second-order valence-electron chi connectivity index (χ2n) is 5.68. The van der Waals surface area contributed by atoms with E-state index in [2.05, 4.69) is 4.72 Å². The number of ether oxygens (including phenoxy) is 3. The van der Waals surface area contributed by atoms with Gasteiger partial charge < -0.3 is 19.3 Å². The molecule has 0 aliphatic heterocycles. The fourth-order valence-electron chi connectivity index (χ4n) is 2.00. The normalized spacial score (nSPS) is 11.9. The number of aromatic carboxylic acids is 1. The largest absolute Gasteiger partial charge is 0.492 e. The van der Waals surface area contributed by atoms with Crippen LogP contribution in [0.2, 0.25) is 0 Å². The van der Waals surface area contributed by atoms with Crippen LogP contribution < -0.4 is 18.9 Å². The molecule has 0 unspecified atom stereocenters. The van der Waals surface area contributed by atoms with Gasteiger partial charge in [0.05, 0.1) is 21.3 Å². The molecular weight excluding hydrogens is 326 g/mol. The van der Waals surface area contributed by atoms with Crippen LogP contribution in [0.15, 0.2) is 11.0 Å². The number of carboxylic acids is 1. The van der Waals surface area contributed by atoms with E-state index in [0.717, 1.165) is 6.07 Å². The highest BCUT2D eigenvalue weighted by Gasteiger charge is 2.32. The summed E-state index contributed by atoms with van der Waals surface area (Å²) >= 11 is 0. The van der Waals surface area contributed by atoms with Gasteiger partial charge in [-0.25, -0.2) is 17.9 Å². The van der Waals surface area contributed by atoms with E-state index in [4.69, 9.17) is 14.2 Å². The zero-order valence-corrected chi connectivity index (χ0v) is 14.7. The van der Waals surface area contributed by atoms with Crippen molar-refractivity contribution >= 4 is 16.0 Å². The van der Waals surface area contributed by atoms with Crippen LogP contribution in [0.25, 0.3) is 0 Å². The topological polar surface area (TPSA) is 111 Å². The Balaban J connectivity index is 3.79. The van der Waals surface area contributed by atoms with E-state index in [1.165, 1.54) is 21.3 Å². The number of rotatable bonds is 6. The van der Waals surface area contributed by atoms with Gasteiger partial charge in [-0.15, -0.1) is 0 Å². The zero-order valence-electron chi connectivity index (χ0n) is 13.9. The summed E-state index contributed by atoms with van der Waals surface area (Å²) in [5, 5.41) is 9.31. The van der Waals surface area contributed by atoms with Crippen LogP contribution in [0.3, 0.4) is 0 Å². The van der Waals surface area contributed by atoms with Crippen molar-refractivity contribution in [3.63, 3.8) is 0 Å². The maximum Gasteiger partial charge on any atom is 0.339 e. The minimum absolute atomic E-state index is 0.107. The molecule has 1 rings (SSSR count). The van der Waals surface area contributed by atoms with Crippen molar-refractivity contribution < 1.29 is 32.5 Å². The third-order valence-electron chi connectivity index (χ3n) is 2.73. The SMILES string of the molecule is COc1c(C(=O)O)cc(S(=O)(=O)NC(C)(C)C)c(OC)c1OC. The van der Waals surface area contributed by atoms with Gasteiger partial charge in [0.2, 0.25) is 15.8 Å². The van der Waals surface area contributed by atoms with Crippen molar-refractivity contribution in [2.24, 2.45) is 0 Å². The van der Waals surface area contributed by atoms with Crippen molar-refractivity contribution in [3.05, 3.63) is 11.6 Å². The van der Waals surface area contributed by atoms with Crippen LogP contribution in [-0.4, -0.2) is 46.4 Å². The van der Waals surface area contributed by atoms with Crippen molar-refractivity contribution in [2.75, 3.05) is 21.3 Å². The van der Waals surface area contributed by atoms with Crippen LogP contribution in [-0.2, 0) is 10.0 Å². The van der Waals surface area contributed by atoms with Crippen molar-refractivity contribution in [3.8, 4) is 17.2 Å². The van der Waals surface area contributed by atoms with E-state index in [0.29, 0.717) is 0 Å². The summed E-state index contributed by atoms with van der Waals surface area (Å²) in [6.07, 6.45) is 0. The van der Waals surface area contributed by atoms with Crippen LogP contribution >= 0.6 is 0 Å². The van der Waals surface area contributed by atoms with E-state index < -0.39 is 21.5 Å². The molecular formula is C14H21NO7S. The Hall–Kier alpha value is -2.00. The van der Waals surface area contributed by atoms with E-state index in [9.17, 15) is 18.3 Å². The summed E-state index contributed by atoms with van der Waals surface area (Å²) in [6, 6.07) is 0.983. The Morgan fingerprint density at radius 1 is 1.04 bits per heavy atom. The fraction of sp³-hybridized carbons (Fsp3) is 0.500. The summed E-state index contributed by atoms with van der Waals surface area (Å²) in [7, 11) is -0.272.